The van der Waals surface area contributed by atoms with Gasteiger partial charge in [-0.1, -0.05) is 0 Å². The van der Waals surface area contributed by atoms with E-state index >= 15 is 0 Å². The zero-order chi connectivity index (χ0) is 23.9. The third-order valence-electron chi connectivity index (χ3n) is 7.54. The van der Waals surface area contributed by atoms with Crippen LogP contribution in [0.15, 0.2) is 12.1 Å². The molecule has 34 heavy (non-hydrogen) atoms. The number of aliphatic hydroxyl groups is 1. The number of nitrogens with zero attached hydrogens (tertiary/aromatic N) is 4. The van der Waals surface area contributed by atoms with E-state index in [-0.39, 0.29) is 16.9 Å². The fraction of sp³-hybridized carbons (Fsp3) is 0.680. The summed E-state index contributed by atoms with van der Waals surface area (Å²) in [6.07, 6.45) is 6.01. The maximum atomic E-state index is 14.7. The van der Waals surface area contributed by atoms with Gasteiger partial charge in [-0.15, -0.1) is 0 Å². The molecule has 1 aromatic carbocycles. The Morgan fingerprint density at radius 1 is 1.12 bits per heavy atom. The van der Waals surface area contributed by atoms with Crippen LogP contribution in [-0.4, -0.2) is 78.1 Å². The summed E-state index contributed by atoms with van der Waals surface area (Å²) in [5.74, 6) is -1.01. The number of fused-ring (bicyclic) bond motifs is 1. The van der Waals surface area contributed by atoms with Gasteiger partial charge >= 0.3 is 6.01 Å². The highest BCUT2D eigenvalue weighted by Gasteiger charge is 2.45. The minimum Gasteiger partial charge on any atom is -0.463 e. The first kappa shape index (κ1) is 23.6. The second kappa shape index (κ2) is 9.17. The Morgan fingerprint density at radius 2 is 1.88 bits per heavy atom. The number of hydrogen-bond donors (Lipinski definition) is 1. The van der Waals surface area contributed by atoms with Crippen molar-refractivity contribution in [1.29, 1.82) is 0 Å². The number of ether oxygens (including phenoxy) is 2. The molecule has 5 rings (SSSR count). The van der Waals surface area contributed by atoms with Gasteiger partial charge in [0.2, 0.25) is 0 Å². The molecule has 9 heteroatoms. The molecule has 3 heterocycles. The van der Waals surface area contributed by atoms with Crippen LogP contribution in [-0.2, 0) is 4.74 Å². The predicted molar refractivity (Wildman–Crippen MR) is 125 cm³/mol. The quantitative estimate of drug-likeness (QED) is 0.656. The number of benzene rings is 1. The van der Waals surface area contributed by atoms with Gasteiger partial charge in [-0.25, -0.2) is 8.78 Å². The Hall–Kier alpha value is -2.10. The molecule has 7 nitrogen and oxygen atoms in total. The van der Waals surface area contributed by atoms with Crippen molar-refractivity contribution in [2.75, 3.05) is 51.3 Å². The van der Waals surface area contributed by atoms with Crippen molar-refractivity contribution in [2.24, 2.45) is 5.41 Å². The molecule has 0 radical (unpaired) electrons. The van der Waals surface area contributed by atoms with Gasteiger partial charge in [0.1, 0.15) is 17.2 Å². The van der Waals surface area contributed by atoms with E-state index in [4.69, 9.17) is 9.47 Å². The maximum Gasteiger partial charge on any atom is 0.319 e. The molecule has 1 unspecified atom stereocenters. The number of β-amino-alcohol motifs (C(OH)–C–C–N with tert-alkyl or cyclic N) is 1. The third kappa shape index (κ3) is 5.11. The predicted octanol–water partition coefficient (Wildman–Crippen LogP) is 3.53. The zero-order valence-corrected chi connectivity index (χ0v) is 20.0. The van der Waals surface area contributed by atoms with Crippen molar-refractivity contribution in [3.8, 4) is 6.01 Å². The number of anilines is 1. The zero-order valence-electron chi connectivity index (χ0n) is 20.0. The Morgan fingerprint density at radius 3 is 2.56 bits per heavy atom. The first-order valence-electron chi connectivity index (χ1n) is 12.3. The molecule has 3 aliphatic rings. The van der Waals surface area contributed by atoms with E-state index in [0.29, 0.717) is 43.4 Å². The topological polar surface area (TPSA) is 71.0 Å². The van der Waals surface area contributed by atoms with Crippen LogP contribution in [0.4, 0.5) is 14.6 Å². The minimum absolute atomic E-state index is 0.0399. The molecule has 1 aliphatic carbocycles. The highest BCUT2D eigenvalue weighted by atomic mass is 19.1. The van der Waals surface area contributed by atoms with Crippen LogP contribution < -0.4 is 9.64 Å². The number of likely N-dealkylation sites (tertiary alicyclic amines) is 1. The van der Waals surface area contributed by atoms with Crippen LogP contribution >= 0.6 is 0 Å². The van der Waals surface area contributed by atoms with Gasteiger partial charge in [0.05, 0.1) is 18.3 Å². The molecule has 1 N–H and O–H groups in total. The Labute approximate surface area is 199 Å². The molecule has 2 aliphatic heterocycles. The molecular formula is C25H34F2N4O3. The minimum atomic E-state index is -0.892. The smallest absolute Gasteiger partial charge is 0.319 e. The number of halogens is 2. The normalized spacial score (nSPS) is 25.6. The lowest BCUT2D eigenvalue weighted by atomic mass is 9.95. The Bertz CT molecular complexity index is 1040. The van der Waals surface area contributed by atoms with Crippen LogP contribution in [0.25, 0.3) is 10.9 Å². The van der Waals surface area contributed by atoms with E-state index in [1.165, 1.54) is 6.07 Å². The summed E-state index contributed by atoms with van der Waals surface area (Å²) in [6, 6.07) is 2.19. The lowest BCUT2D eigenvalue weighted by molar-refractivity contribution is 0.0312. The average Bonchev–Trinajstić information content (AvgIpc) is 3.57. The summed E-state index contributed by atoms with van der Waals surface area (Å²) in [4.78, 5) is 13.3. The van der Waals surface area contributed by atoms with Gasteiger partial charge in [-0.2, -0.15) is 9.97 Å². The van der Waals surface area contributed by atoms with Crippen LogP contribution in [0.1, 0.15) is 45.4 Å². The SMILES string of the molecule is COC1CCN(CC2(COc3nc(N4CCCC(C)(O)C4)c4cc(F)cc(F)c4n3)CC2)CC1. The van der Waals surface area contributed by atoms with Gasteiger partial charge in [0, 0.05) is 56.7 Å². The highest BCUT2D eigenvalue weighted by Crippen LogP contribution is 2.47. The molecule has 186 valence electrons. The van der Waals surface area contributed by atoms with E-state index < -0.39 is 17.2 Å². The summed E-state index contributed by atoms with van der Waals surface area (Å²) < 4.78 is 40.3. The van der Waals surface area contributed by atoms with Gasteiger partial charge in [-0.05, 0) is 51.5 Å². The van der Waals surface area contributed by atoms with E-state index in [2.05, 4.69) is 14.9 Å². The Kier molecular flexibility index (Phi) is 6.37. The average molecular weight is 477 g/mol. The molecule has 0 spiro atoms. The lowest BCUT2D eigenvalue weighted by Gasteiger charge is -2.38. The van der Waals surface area contributed by atoms with Crippen molar-refractivity contribution in [3.05, 3.63) is 23.8 Å². The van der Waals surface area contributed by atoms with Crippen molar-refractivity contribution < 1.29 is 23.4 Å². The van der Waals surface area contributed by atoms with Crippen molar-refractivity contribution in [3.63, 3.8) is 0 Å². The molecule has 1 saturated carbocycles. The second-order valence-corrected chi connectivity index (χ2v) is 10.6. The monoisotopic (exact) mass is 476 g/mol. The van der Waals surface area contributed by atoms with Crippen LogP contribution in [0, 0.1) is 17.0 Å². The number of methoxy groups -OCH3 is 1. The van der Waals surface area contributed by atoms with Crippen molar-refractivity contribution >= 4 is 16.7 Å². The summed E-state index contributed by atoms with van der Waals surface area (Å²) in [6.45, 7) is 6.19. The van der Waals surface area contributed by atoms with Crippen molar-refractivity contribution in [1.82, 2.24) is 14.9 Å². The van der Waals surface area contributed by atoms with E-state index in [9.17, 15) is 13.9 Å². The van der Waals surface area contributed by atoms with E-state index in [1.807, 2.05) is 4.90 Å². The molecule has 0 bridgehead atoms. The van der Waals surface area contributed by atoms with Gasteiger partial charge in [-0.3, -0.25) is 0 Å². The first-order valence-corrected chi connectivity index (χ1v) is 12.3. The van der Waals surface area contributed by atoms with Crippen LogP contribution in [0.2, 0.25) is 0 Å². The first-order chi connectivity index (χ1) is 16.3. The summed E-state index contributed by atoms with van der Waals surface area (Å²) in [5, 5.41) is 10.9. The summed E-state index contributed by atoms with van der Waals surface area (Å²) >= 11 is 0. The molecule has 1 atom stereocenters. The van der Waals surface area contributed by atoms with Crippen LogP contribution in [0.3, 0.4) is 0 Å². The number of piperidine rings is 2. The lowest BCUT2D eigenvalue weighted by Crippen LogP contribution is -2.46. The molecule has 0 amide bonds. The second-order valence-electron chi connectivity index (χ2n) is 10.6. The van der Waals surface area contributed by atoms with Crippen molar-refractivity contribution in [2.45, 2.75) is 57.2 Å². The molecule has 3 fully saturated rings. The largest absolute Gasteiger partial charge is 0.463 e. The molecule has 1 aromatic heterocycles. The number of rotatable bonds is 7. The van der Waals surface area contributed by atoms with Crippen LogP contribution in [0.5, 0.6) is 6.01 Å². The van der Waals surface area contributed by atoms with E-state index in [0.717, 1.165) is 57.8 Å². The third-order valence-corrected chi connectivity index (χ3v) is 7.54. The standard InChI is InChI=1S/C25H34F2N4O3/c1-24(32)6-3-9-31(14-24)22-19-12-17(26)13-20(27)21(19)28-23(29-22)34-16-25(7-8-25)15-30-10-4-18(33-2)5-11-30/h12-13,18,32H,3-11,14-16H2,1-2H3. The molecular weight excluding hydrogens is 442 g/mol. The van der Waals surface area contributed by atoms with Gasteiger partial charge in [0.25, 0.3) is 0 Å². The Balaban J connectivity index is 1.35. The highest BCUT2D eigenvalue weighted by molar-refractivity contribution is 5.90. The fourth-order valence-corrected chi connectivity index (χ4v) is 5.35. The number of hydrogen-bond acceptors (Lipinski definition) is 7. The molecule has 2 saturated heterocycles. The maximum absolute atomic E-state index is 14.7. The summed E-state index contributed by atoms with van der Waals surface area (Å²) in [7, 11) is 1.77. The van der Waals surface area contributed by atoms with Gasteiger partial charge < -0.3 is 24.4 Å². The van der Waals surface area contributed by atoms with E-state index in [1.54, 1.807) is 14.0 Å². The van der Waals surface area contributed by atoms with Gasteiger partial charge in [0.15, 0.2) is 5.82 Å². The molecule has 2 aromatic rings. The number of aromatic nitrogens is 2. The fourth-order valence-electron chi connectivity index (χ4n) is 5.35. The summed E-state index contributed by atoms with van der Waals surface area (Å²) in [5.41, 5.74) is -0.788.